The van der Waals surface area contributed by atoms with E-state index >= 15 is 0 Å². The molecule has 0 N–H and O–H groups in total. The number of carbonyl (C=O) groups is 1. The van der Waals surface area contributed by atoms with E-state index in [2.05, 4.69) is 0 Å². The van der Waals surface area contributed by atoms with Gasteiger partial charge in [0.05, 0.1) is 0 Å². The van der Waals surface area contributed by atoms with Crippen molar-refractivity contribution in [2.24, 2.45) is 0 Å². The molecule has 0 saturated carbocycles. The predicted molar refractivity (Wildman–Crippen MR) is 40.8 cm³/mol. The van der Waals surface area contributed by atoms with E-state index in [-0.39, 0.29) is 18.3 Å². The van der Waals surface area contributed by atoms with Gasteiger partial charge in [0.15, 0.2) is 0 Å². The van der Waals surface area contributed by atoms with E-state index in [1.165, 1.54) is 11.0 Å². The van der Waals surface area contributed by atoms with E-state index in [1.807, 2.05) is 6.92 Å². The van der Waals surface area contributed by atoms with Gasteiger partial charge in [0.25, 0.3) is 0 Å². The quantitative estimate of drug-likeness (QED) is 0.511. The molecule has 0 spiro atoms. The van der Waals surface area contributed by atoms with Gasteiger partial charge in [0, 0.05) is 14.1 Å². The molecular weight excluding hydrogens is 138 g/mol. The zero-order valence-electron chi connectivity index (χ0n) is 5.92. The molecule has 0 atom stereocenters. The lowest BCUT2D eigenvalue weighted by molar-refractivity contribution is -0.123. The molecule has 0 aromatic rings. The van der Waals surface area contributed by atoms with Crippen molar-refractivity contribution in [3.05, 3.63) is 12.2 Å². The van der Waals surface area contributed by atoms with E-state index in [4.69, 9.17) is 0 Å². The third-order valence-electron chi connectivity index (χ3n) is 0.750. The van der Waals surface area contributed by atoms with Crippen molar-refractivity contribution in [3.8, 4) is 0 Å². The van der Waals surface area contributed by atoms with Gasteiger partial charge < -0.3 is 4.90 Å². The molecule has 2 nitrogen and oxygen atoms in total. The summed E-state index contributed by atoms with van der Waals surface area (Å²) in [5.41, 5.74) is 0. The lowest BCUT2D eigenvalue weighted by atomic mass is 10.5. The second-order valence-corrected chi connectivity index (χ2v) is 1.73. The van der Waals surface area contributed by atoms with Crippen LogP contribution in [0.25, 0.3) is 0 Å². The molecule has 0 aliphatic rings. The number of allylic oxidation sites excluding steroid dienone is 1. The number of likely N-dealkylation sites (N-methyl/N-ethyl adjacent to an activating group) is 1. The van der Waals surface area contributed by atoms with Gasteiger partial charge >= 0.3 is 0 Å². The number of carbonyl (C=O) groups excluding carboxylic acids is 1. The monoisotopic (exact) mass is 149 g/mol. The first kappa shape index (κ1) is 11.3. The first-order chi connectivity index (χ1) is 3.68. The molecule has 0 fully saturated rings. The highest BCUT2D eigenvalue weighted by atomic mass is 35.5. The summed E-state index contributed by atoms with van der Waals surface area (Å²) in [6.45, 7) is 1.82. The lowest BCUT2D eigenvalue weighted by Gasteiger charge is -2.03. The van der Waals surface area contributed by atoms with Crippen LogP contribution in [0.4, 0.5) is 0 Å². The summed E-state index contributed by atoms with van der Waals surface area (Å²) in [5.74, 6) is 0.0347. The van der Waals surface area contributed by atoms with E-state index in [9.17, 15) is 4.79 Å². The first-order valence-electron chi connectivity index (χ1n) is 2.52. The molecule has 0 aromatic carbocycles. The van der Waals surface area contributed by atoms with Gasteiger partial charge in [-0.05, 0) is 13.0 Å². The van der Waals surface area contributed by atoms with Gasteiger partial charge in [-0.3, -0.25) is 4.79 Å². The second kappa shape index (κ2) is 5.63. The van der Waals surface area contributed by atoms with Crippen molar-refractivity contribution in [1.29, 1.82) is 0 Å². The van der Waals surface area contributed by atoms with Gasteiger partial charge in [-0.2, -0.15) is 0 Å². The third kappa shape index (κ3) is 5.37. The highest BCUT2D eigenvalue weighted by Gasteiger charge is 1.92. The molecule has 0 aliphatic heterocycles. The lowest BCUT2D eigenvalue weighted by Crippen LogP contribution is -2.18. The maximum absolute atomic E-state index is 10.6. The summed E-state index contributed by atoms with van der Waals surface area (Å²) in [4.78, 5) is 12.1. The largest absolute Gasteiger partial charge is 0.345 e. The van der Waals surface area contributed by atoms with E-state index in [0.717, 1.165) is 0 Å². The standard InChI is InChI=1S/C6H11NO.ClH/c1-4-5-6(8)7(2)3;/h4-5H,1-3H3;1H. The maximum Gasteiger partial charge on any atom is 0.245 e. The summed E-state index contributed by atoms with van der Waals surface area (Å²) in [5, 5.41) is 0. The van der Waals surface area contributed by atoms with Crippen LogP contribution in [0.15, 0.2) is 12.2 Å². The Labute approximate surface area is 61.9 Å². The first-order valence-corrected chi connectivity index (χ1v) is 2.52. The van der Waals surface area contributed by atoms with Crippen molar-refractivity contribution in [2.75, 3.05) is 14.1 Å². The highest BCUT2D eigenvalue weighted by molar-refractivity contribution is 5.86. The Morgan fingerprint density at radius 3 is 2.00 bits per heavy atom. The Bertz CT molecular complexity index is 110. The smallest absolute Gasteiger partial charge is 0.245 e. The Balaban J connectivity index is 0. The Hall–Kier alpha value is -0.500. The molecule has 0 heterocycles. The molecule has 3 heteroatoms. The number of hydrogen-bond acceptors (Lipinski definition) is 1. The predicted octanol–water partition coefficient (Wildman–Crippen LogP) is 1.07. The van der Waals surface area contributed by atoms with Crippen molar-refractivity contribution >= 4 is 18.3 Å². The van der Waals surface area contributed by atoms with E-state index in [1.54, 1.807) is 20.2 Å². The van der Waals surface area contributed by atoms with E-state index < -0.39 is 0 Å². The Morgan fingerprint density at radius 1 is 1.44 bits per heavy atom. The van der Waals surface area contributed by atoms with Crippen LogP contribution in [-0.2, 0) is 4.79 Å². The minimum Gasteiger partial charge on any atom is -0.345 e. The molecule has 0 bridgehead atoms. The normalized spacial score (nSPS) is 8.78. The average molecular weight is 150 g/mol. The summed E-state index contributed by atoms with van der Waals surface area (Å²) in [6.07, 6.45) is 3.25. The molecule has 0 rings (SSSR count). The molecule has 0 aromatic heterocycles. The summed E-state index contributed by atoms with van der Waals surface area (Å²) in [7, 11) is 3.45. The third-order valence-corrected chi connectivity index (χ3v) is 0.750. The number of rotatable bonds is 1. The van der Waals surface area contributed by atoms with Crippen LogP contribution in [0.5, 0.6) is 0 Å². The fraction of sp³-hybridized carbons (Fsp3) is 0.500. The highest BCUT2D eigenvalue weighted by Crippen LogP contribution is 1.78. The maximum atomic E-state index is 10.6. The van der Waals surface area contributed by atoms with Gasteiger partial charge in [0.1, 0.15) is 0 Å². The minimum atomic E-state index is 0. The average Bonchev–Trinajstić information content (AvgIpc) is 1.67. The Morgan fingerprint density at radius 2 is 1.89 bits per heavy atom. The summed E-state index contributed by atoms with van der Waals surface area (Å²) in [6, 6.07) is 0. The topological polar surface area (TPSA) is 20.3 Å². The molecule has 0 radical (unpaired) electrons. The van der Waals surface area contributed by atoms with Crippen molar-refractivity contribution in [2.45, 2.75) is 6.92 Å². The molecule has 0 saturated heterocycles. The molecule has 1 amide bonds. The second-order valence-electron chi connectivity index (χ2n) is 1.73. The molecule has 0 unspecified atom stereocenters. The van der Waals surface area contributed by atoms with Gasteiger partial charge in [-0.1, -0.05) is 6.08 Å². The number of nitrogens with zero attached hydrogens (tertiary/aromatic N) is 1. The van der Waals surface area contributed by atoms with Crippen LogP contribution in [-0.4, -0.2) is 24.9 Å². The summed E-state index contributed by atoms with van der Waals surface area (Å²) < 4.78 is 0. The fourth-order valence-electron chi connectivity index (χ4n) is 0.292. The summed E-state index contributed by atoms with van der Waals surface area (Å²) >= 11 is 0. The van der Waals surface area contributed by atoms with Crippen molar-refractivity contribution in [1.82, 2.24) is 4.90 Å². The Kier molecular flexibility index (Phi) is 7.08. The molecule has 9 heavy (non-hydrogen) atoms. The molecule has 0 aliphatic carbocycles. The molecule has 54 valence electrons. The number of halogens is 1. The minimum absolute atomic E-state index is 0. The number of hydrogen-bond donors (Lipinski definition) is 0. The van der Waals surface area contributed by atoms with Crippen LogP contribution in [0.2, 0.25) is 0 Å². The van der Waals surface area contributed by atoms with E-state index in [0.29, 0.717) is 0 Å². The van der Waals surface area contributed by atoms with Gasteiger partial charge in [-0.25, -0.2) is 0 Å². The van der Waals surface area contributed by atoms with Gasteiger partial charge in [-0.15, -0.1) is 12.4 Å². The van der Waals surface area contributed by atoms with Crippen LogP contribution < -0.4 is 0 Å². The fourth-order valence-corrected chi connectivity index (χ4v) is 0.292. The van der Waals surface area contributed by atoms with Crippen LogP contribution in [0.3, 0.4) is 0 Å². The van der Waals surface area contributed by atoms with Crippen LogP contribution in [0, 0.1) is 0 Å². The SMILES string of the molecule is CC=CC(=O)N(C)C.Cl. The number of amides is 1. The van der Waals surface area contributed by atoms with Crippen LogP contribution in [0.1, 0.15) is 6.92 Å². The van der Waals surface area contributed by atoms with Gasteiger partial charge in [0.2, 0.25) is 5.91 Å². The van der Waals surface area contributed by atoms with Crippen molar-refractivity contribution < 1.29 is 4.79 Å². The zero-order chi connectivity index (χ0) is 6.57. The molecular formula is C6H12ClNO. The van der Waals surface area contributed by atoms with Crippen molar-refractivity contribution in [3.63, 3.8) is 0 Å². The zero-order valence-corrected chi connectivity index (χ0v) is 6.73. The van der Waals surface area contributed by atoms with Crippen LogP contribution >= 0.6 is 12.4 Å².